The van der Waals surface area contributed by atoms with Crippen LogP contribution in [0.25, 0.3) is 0 Å². The predicted octanol–water partition coefficient (Wildman–Crippen LogP) is 3.88. The van der Waals surface area contributed by atoms with Crippen LogP contribution in [0.15, 0.2) is 42.7 Å². The normalized spacial score (nSPS) is 15.9. The molecule has 0 aliphatic carbocycles. The van der Waals surface area contributed by atoms with Crippen molar-refractivity contribution in [2.24, 2.45) is 0 Å². The molecule has 1 aliphatic rings. The molecule has 0 spiro atoms. The fourth-order valence-electron chi connectivity index (χ4n) is 3.22. The molecule has 1 saturated heterocycles. The largest absolute Gasteiger partial charge is 0.354 e. The van der Waals surface area contributed by atoms with Gasteiger partial charge in [-0.1, -0.05) is 41.4 Å². The standard InChI is InChI=1S/C19H21Cl2N3O/c20-16-7-3-5-14(17(16)21)8-10-23-19(25)18(24-11-1-2-12-24)15-6-4-9-22-13-15/h3-7,9,13,18H,1-2,8,10-12H2,(H,23,25)/t18-/m1/s1. The van der Waals surface area contributed by atoms with E-state index in [-0.39, 0.29) is 11.9 Å². The molecule has 0 radical (unpaired) electrons. The van der Waals surface area contributed by atoms with Crippen LogP contribution < -0.4 is 5.32 Å². The molecule has 1 atom stereocenters. The lowest BCUT2D eigenvalue weighted by Gasteiger charge is -2.26. The van der Waals surface area contributed by atoms with Crippen LogP contribution in [-0.2, 0) is 11.2 Å². The monoisotopic (exact) mass is 377 g/mol. The molecule has 1 aromatic carbocycles. The molecule has 1 aromatic heterocycles. The number of halogens is 2. The maximum Gasteiger partial charge on any atom is 0.242 e. The number of hydrogen-bond donors (Lipinski definition) is 1. The zero-order chi connectivity index (χ0) is 17.6. The Balaban J connectivity index is 1.65. The third-order valence-electron chi connectivity index (χ3n) is 4.48. The Morgan fingerprint density at radius 1 is 1.20 bits per heavy atom. The number of likely N-dealkylation sites (tertiary alicyclic amines) is 1. The molecule has 25 heavy (non-hydrogen) atoms. The van der Waals surface area contributed by atoms with E-state index in [9.17, 15) is 4.79 Å². The summed E-state index contributed by atoms with van der Waals surface area (Å²) < 4.78 is 0. The molecular formula is C19H21Cl2N3O. The van der Waals surface area contributed by atoms with E-state index in [1.807, 2.05) is 24.3 Å². The molecular weight excluding hydrogens is 357 g/mol. The summed E-state index contributed by atoms with van der Waals surface area (Å²) in [7, 11) is 0. The van der Waals surface area contributed by atoms with Crippen LogP contribution in [0.4, 0.5) is 0 Å². The van der Waals surface area contributed by atoms with Gasteiger partial charge in [-0.15, -0.1) is 0 Å². The average molecular weight is 378 g/mol. The second kappa shape index (κ2) is 8.65. The van der Waals surface area contributed by atoms with Gasteiger partial charge in [0.25, 0.3) is 0 Å². The van der Waals surface area contributed by atoms with Crippen molar-refractivity contribution in [3.8, 4) is 0 Å². The molecule has 1 aliphatic heterocycles. The van der Waals surface area contributed by atoms with Gasteiger partial charge in [0, 0.05) is 18.9 Å². The fourth-order valence-corrected chi connectivity index (χ4v) is 3.64. The smallest absolute Gasteiger partial charge is 0.242 e. The number of benzene rings is 1. The van der Waals surface area contributed by atoms with Crippen LogP contribution in [0.3, 0.4) is 0 Å². The highest BCUT2D eigenvalue weighted by Gasteiger charge is 2.29. The minimum atomic E-state index is -0.286. The van der Waals surface area contributed by atoms with Crippen LogP contribution >= 0.6 is 23.2 Å². The van der Waals surface area contributed by atoms with Crippen molar-refractivity contribution in [3.63, 3.8) is 0 Å². The van der Waals surface area contributed by atoms with Crippen molar-refractivity contribution in [1.29, 1.82) is 0 Å². The van der Waals surface area contributed by atoms with Gasteiger partial charge in [-0.2, -0.15) is 0 Å². The third kappa shape index (κ3) is 4.51. The van der Waals surface area contributed by atoms with Gasteiger partial charge in [-0.3, -0.25) is 14.7 Å². The molecule has 132 valence electrons. The summed E-state index contributed by atoms with van der Waals surface area (Å²) >= 11 is 12.2. The first-order valence-corrected chi connectivity index (χ1v) is 9.27. The molecule has 1 amide bonds. The van der Waals surface area contributed by atoms with E-state index >= 15 is 0 Å². The highest BCUT2D eigenvalue weighted by atomic mass is 35.5. The van der Waals surface area contributed by atoms with Crippen molar-refractivity contribution in [2.75, 3.05) is 19.6 Å². The van der Waals surface area contributed by atoms with Gasteiger partial charge in [0.05, 0.1) is 10.0 Å². The molecule has 2 heterocycles. The molecule has 3 rings (SSSR count). The maximum atomic E-state index is 12.8. The maximum absolute atomic E-state index is 12.8. The van der Waals surface area contributed by atoms with E-state index in [1.165, 1.54) is 0 Å². The van der Waals surface area contributed by atoms with Gasteiger partial charge in [0.1, 0.15) is 6.04 Å². The van der Waals surface area contributed by atoms with E-state index in [0.717, 1.165) is 37.1 Å². The second-order valence-corrected chi connectivity index (χ2v) is 6.97. The summed E-state index contributed by atoms with van der Waals surface area (Å²) in [6.45, 7) is 2.39. The zero-order valence-electron chi connectivity index (χ0n) is 13.9. The van der Waals surface area contributed by atoms with E-state index in [4.69, 9.17) is 23.2 Å². The first kappa shape index (κ1) is 18.2. The Labute approximate surface area is 158 Å². The van der Waals surface area contributed by atoms with E-state index in [0.29, 0.717) is 23.0 Å². The lowest BCUT2D eigenvalue weighted by Crippen LogP contribution is -2.40. The molecule has 0 saturated carbocycles. The van der Waals surface area contributed by atoms with Crippen LogP contribution in [0.5, 0.6) is 0 Å². The number of hydrogen-bond acceptors (Lipinski definition) is 3. The summed E-state index contributed by atoms with van der Waals surface area (Å²) in [6, 6.07) is 9.11. The van der Waals surface area contributed by atoms with Gasteiger partial charge in [0.2, 0.25) is 5.91 Å². The zero-order valence-corrected chi connectivity index (χ0v) is 15.4. The van der Waals surface area contributed by atoms with Gasteiger partial charge < -0.3 is 5.32 Å². The van der Waals surface area contributed by atoms with Crippen LogP contribution in [0.2, 0.25) is 10.0 Å². The summed E-state index contributed by atoms with van der Waals surface area (Å²) in [4.78, 5) is 19.2. The van der Waals surface area contributed by atoms with Crippen LogP contribution in [0, 0.1) is 0 Å². The number of pyridine rings is 1. The Morgan fingerprint density at radius 2 is 2.00 bits per heavy atom. The first-order chi connectivity index (χ1) is 12.2. The number of amides is 1. The summed E-state index contributed by atoms with van der Waals surface area (Å²) in [5.41, 5.74) is 1.87. The molecule has 6 heteroatoms. The molecule has 4 nitrogen and oxygen atoms in total. The molecule has 1 fully saturated rings. The van der Waals surface area contributed by atoms with E-state index in [1.54, 1.807) is 18.5 Å². The number of nitrogens with zero attached hydrogens (tertiary/aromatic N) is 2. The highest BCUT2D eigenvalue weighted by molar-refractivity contribution is 6.42. The minimum Gasteiger partial charge on any atom is -0.354 e. The number of carbonyl (C=O) groups is 1. The number of nitrogens with one attached hydrogen (secondary N) is 1. The van der Waals surface area contributed by atoms with Gasteiger partial charge >= 0.3 is 0 Å². The summed E-state index contributed by atoms with van der Waals surface area (Å²) in [6.07, 6.45) is 6.40. The highest BCUT2D eigenvalue weighted by Crippen LogP contribution is 2.26. The van der Waals surface area contributed by atoms with Crippen molar-refractivity contribution in [2.45, 2.75) is 25.3 Å². The predicted molar refractivity (Wildman–Crippen MR) is 101 cm³/mol. The lowest BCUT2D eigenvalue weighted by atomic mass is 10.1. The second-order valence-electron chi connectivity index (χ2n) is 6.19. The topological polar surface area (TPSA) is 45.2 Å². The SMILES string of the molecule is O=C(NCCc1cccc(Cl)c1Cl)[C@@H](c1cccnc1)N1CCCC1. The Bertz CT molecular complexity index is 718. The quantitative estimate of drug-likeness (QED) is 0.830. The Morgan fingerprint density at radius 3 is 2.72 bits per heavy atom. The van der Waals surface area contributed by atoms with Crippen molar-refractivity contribution >= 4 is 29.1 Å². The van der Waals surface area contributed by atoms with Gasteiger partial charge in [-0.25, -0.2) is 0 Å². The summed E-state index contributed by atoms with van der Waals surface area (Å²) in [5.74, 6) is 0.00745. The Kier molecular flexibility index (Phi) is 6.29. The number of rotatable bonds is 6. The number of aromatic nitrogens is 1. The lowest BCUT2D eigenvalue weighted by molar-refractivity contribution is -0.126. The first-order valence-electron chi connectivity index (χ1n) is 8.51. The van der Waals surface area contributed by atoms with Crippen molar-refractivity contribution in [1.82, 2.24) is 15.2 Å². The number of carbonyl (C=O) groups excluding carboxylic acids is 1. The average Bonchev–Trinajstić information content (AvgIpc) is 3.14. The van der Waals surface area contributed by atoms with E-state index < -0.39 is 0 Å². The van der Waals surface area contributed by atoms with Gasteiger partial charge in [-0.05, 0) is 55.6 Å². The van der Waals surface area contributed by atoms with Crippen molar-refractivity contribution in [3.05, 3.63) is 63.9 Å². The summed E-state index contributed by atoms with van der Waals surface area (Å²) in [5, 5.41) is 4.14. The molecule has 2 aromatic rings. The Hall–Kier alpha value is -1.62. The fraction of sp³-hybridized carbons (Fsp3) is 0.368. The van der Waals surface area contributed by atoms with Crippen molar-refractivity contribution < 1.29 is 4.79 Å². The van der Waals surface area contributed by atoms with Gasteiger partial charge in [0.15, 0.2) is 0 Å². The van der Waals surface area contributed by atoms with Crippen LogP contribution in [0.1, 0.15) is 30.0 Å². The molecule has 1 N–H and O–H groups in total. The van der Waals surface area contributed by atoms with Crippen LogP contribution in [-0.4, -0.2) is 35.4 Å². The minimum absolute atomic E-state index is 0.00745. The molecule has 0 unspecified atom stereocenters. The van der Waals surface area contributed by atoms with E-state index in [2.05, 4.69) is 15.2 Å². The third-order valence-corrected chi connectivity index (χ3v) is 5.34. The molecule has 0 bridgehead atoms.